The van der Waals surface area contributed by atoms with E-state index < -0.39 is 5.60 Å². The Kier molecular flexibility index (Phi) is 5.99. The van der Waals surface area contributed by atoms with Crippen LogP contribution in [0.2, 0.25) is 0 Å². The number of aromatic nitrogens is 2. The van der Waals surface area contributed by atoms with Crippen LogP contribution in [0.1, 0.15) is 26.3 Å². The normalized spacial score (nSPS) is 14.7. The lowest BCUT2D eigenvalue weighted by Gasteiger charge is -2.36. The SMILES string of the molecule is Cc1cc(Br)ccc1-n1cnc2ccc(N3CCN(C(=O)OC(C)(C)C)CC3)cc2c1=O. The van der Waals surface area contributed by atoms with Crippen molar-refractivity contribution in [3.8, 4) is 5.69 Å². The van der Waals surface area contributed by atoms with Crippen molar-refractivity contribution >= 4 is 38.6 Å². The van der Waals surface area contributed by atoms with Gasteiger partial charge in [0.1, 0.15) is 11.9 Å². The summed E-state index contributed by atoms with van der Waals surface area (Å²) in [5.74, 6) is 0. The van der Waals surface area contributed by atoms with E-state index in [4.69, 9.17) is 4.74 Å². The number of ether oxygens (including phenoxy) is 1. The number of halogens is 1. The number of amides is 1. The van der Waals surface area contributed by atoms with Crippen LogP contribution in [-0.4, -0.2) is 52.3 Å². The maximum atomic E-state index is 13.3. The molecular weight excluding hydrogens is 472 g/mol. The first-order valence-electron chi connectivity index (χ1n) is 10.6. The van der Waals surface area contributed by atoms with E-state index in [0.29, 0.717) is 37.1 Å². The molecule has 0 saturated carbocycles. The van der Waals surface area contributed by atoms with E-state index in [0.717, 1.165) is 21.4 Å². The summed E-state index contributed by atoms with van der Waals surface area (Å²) in [6.07, 6.45) is 1.30. The Morgan fingerprint density at radius 1 is 1.06 bits per heavy atom. The van der Waals surface area contributed by atoms with Crippen LogP contribution in [0.3, 0.4) is 0 Å². The molecule has 0 spiro atoms. The summed E-state index contributed by atoms with van der Waals surface area (Å²) in [6.45, 7) is 10.1. The highest BCUT2D eigenvalue weighted by atomic mass is 79.9. The summed E-state index contributed by atoms with van der Waals surface area (Å²) >= 11 is 3.47. The molecule has 0 N–H and O–H groups in total. The molecule has 2 aromatic carbocycles. The smallest absolute Gasteiger partial charge is 0.410 e. The Hall–Kier alpha value is -2.87. The van der Waals surface area contributed by atoms with E-state index in [2.05, 4.69) is 25.8 Å². The minimum absolute atomic E-state index is 0.102. The second kappa shape index (κ2) is 8.58. The van der Waals surface area contributed by atoms with Crippen molar-refractivity contribution in [2.75, 3.05) is 31.1 Å². The Balaban J connectivity index is 1.58. The zero-order valence-corrected chi connectivity index (χ0v) is 20.3. The fourth-order valence-electron chi connectivity index (χ4n) is 3.84. The van der Waals surface area contributed by atoms with Gasteiger partial charge in [-0.15, -0.1) is 0 Å². The van der Waals surface area contributed by atoms with Crippen molar-refractivity contribution in [2.24, 2.45) is 0 Å². The number of hydrogen-bond donors (Lipinski definition) is 0. The first-order valence-corrected chi connectivity index (χ1v) is 11.4. The van der Waals surface area contributed by atoms with Crippen molar-refractivity contribution in [2.45, 2.75) is 33.3 Å². The minimum atomic E-state index is -0.507. The van der Waals surface area contributed by atoms with Gasteiger partial charge in [0.25, 0.3) is 5.56 Å². The van der Waals surface area contributed by atoms with Crippen LogP contribution in [0.5, 0.6) is 0 Å². The minimum Gasteiger partial charge on any atom is -0.444 e. The monoisotopic (exact) mass is 498 g/mol. The van der Waals surface area contributed by atoms with Crippen molar-refractivity contribution in [3.63, 3.8) is 0 Å². The van der Waals surface area contributed by atoms with Crippen LogP contribution in [0.15, 0.2) is 52.0 Å². The molecule has 32 heavy (non-hydrogen) atoms. The molecule has 1 aliphatic rings. The number of rotatable bonds is 2. The number of carbonyl (C=O) groups is 1. The fourth-order valence-corrected chi connectivity index (χ4v) is 4.32. The van der Waals surface area contributed by atoms with Gasteiger partial charge in [0, 0.05) is 36.3 Å². The van der Waals surface area contributed by atoms with Gasteiger partial charge in [-0.1, -0.05) is 15.9 Å². The molecule has 7 nitrogen and oxygen atoms in total. The number of benzene rings is 2. The summed E-state index contributed by atoms with van der Waals surface area (Å²) < 4.78 is 8.03. The first-order chi connectivity index (χ1) is 15.1. The van der Waals surface area contributed by atoms with E-state index in [-0.39, 0.29) is 11.7 Å². The predicted octanol–water partition coefficient (Wildman–Crippen LogP) is 4.51. The number of carbonyl (C=O) groups excluding carboxylic acids is 1. The lowest BCUT2D eigenvalue weighted by molar-refractivity contribution is 0.0240. The van der Waals surface area contributed by atoms with Crippen LogP contribution in [0.25, 0.3) is 16.6 Å². The van der Waals surface area contributed by atoms with E-state index in [1.54, 1.807) is 15.8 Å². The Bertz CT molecular complexity index is 1220. The maximum Gasteiger partial charge on any atom is 0.410 e. The highest BCUT2D eigenvalue weighted by Gasteiger charge is 2.26. The molecule has 1 aromatic heterocycles. The highest BCUT2D eigenvalue weighted by Crippen LogP contribution is 2.23. The summed E-state index contributed by atoms with van der Waals surface area (Å²) in [7, 11) is 0. The van der Waals surface area contributed by atoms with Gasteiger partial charge in [0.15, 0.2) is 0 Å². The van der Waals surface area contributed by atoms with E-state index >= 15 is 0 Å². The standard InChI is InChI=1S/C24H27BrN4O3/c1-16-13-17(25)5-8-21(16)29-15-26-20-7-6-18(14-19(20)22(29)30)27-9-11-28(12-10-27)23(31)32-24(2,3)4/h5-8,13-15H,9-12H2,1-4H3. The molecule has 3 aromatic rings. The fraction of sp³-hybridized carbons (Fsp3) is 0.375. The number of fused-ring (bicyclic) bond motifs is 1. The molecule has 168 valence electrons. The zero-order valence-electron chi connectivity index (χ0n) is 18.8. The number of nitrogens with zero attached hydrogens (tertiary/aromatic N) is 4. The van der Waals surface area contributed by atoms with Crippen LogP contribution >= 0.6 is 15.9 Å². The number of aryl methyl sites for hydroxylation is 1. The van der Waals surface area contributed by atoms with Crippen molar-refractivity contribution in [3.05, 3.63) is 63.1 Å². The average Bonchev–Trinajstić information content (AvgIpc) is 2.73. The molecule has 1 amide bonds. The van der Waals surface area contributed by atoms with Crippen LogP contribution < -0.4 is 10.5 Å². The molecule has 1 aliphatic heterocycles. The van der Waals surface area contributed by atoms with Crippen molar-refractivity contribution in [1.82, 2.24) is 14.5 Å². The molecule has 8 heteroatoms. The largest absolute Gasteiger partial charge is 0.444 e. The van der Waals surface area contributed by atoms with Gasteiger partial charge < -0.3 is 14.5 Å². The molecule has 2 heterocycles. The second-order valence-corrected chi connectivity index (χ2v) is 9.92. The molecule has 0 unspecified atom stereocenters. The molecule has 4 rings (SSSR count). The molecule has 1 saturated heterocycles. The van der Waals surface area contributed by atoms with Gasteiger partial charge >= 0.3 is 6.09 Å². The van der Waals surface area contributed by atoms with E-state index in [1.807, 2.05) is 64.1 Å². The molecule has 1 fully saturated rings. The second-order valence-electron chi connectivity index (χ2n) is 9.01. The summed E-state index contributed by atoms with van der Waals surface area (Å²) in [4.78, 5) is 34.0. The van der Waals surface area contributed by atoms with Gasteiger partial charge in [-0.25, -0.2) is 9.78 Å². The molecule has 0 radical (unpaired) electrons. The van der Waals surface area contributed by atoms with Crippen LogP contribution in [-0.2, 0) is 4.74 Å². The highest BCUT2D eigenvalue weighted by molar-refractivity contribution is 9.10. The van der Waals surface area contributed by atoms with Gasteiger partial charge in [0.05, 0.1) is 16.6 Å². The molecular formula is C24H27BrN4O3. The molecule has 0 atom stereocenters. The number of anilines is 1. The molecule has 0 bridgehead atoms. The van der Waals surface area contributed by atoms with Crippen molar-refractivity contribution < 1.29 is 9.53 Å². The third-order valence-electron chi connectivity index (χ3n) is 5.46. The lowest BCUT2D eigenvalue weighted by Crippen LogP contribution is -2.50. The maximum absolute atomic E-state index is 13.3. The topological polar surface area (TPSA) is 67.7 Å². The average molecular weight is 499 g/mol. The van der Waals surface area contributed by atoms with Gasteiger partial charge in [-0.2, -0.15) is 0 Å². The quantitative estimate of drug-likeness (QED) is 0.519. The van der Waals surface area contributed by atoms with Crippen LogP contribution in [0.4, 0.5) is 10.5 Å². The summed E-state index contributed by atoms with van der Waals surface area (Å²) in [5.41, 5.74) is 2.80. The van der Waals surface area contributed by atoms with Crippen molar-refractivity contribution in [1.29, 1.82) is 0 Å². The van der Waals surface area contributed by atoms with Gasteiger partial charge in [0.2, 0.25) is 0 Å². The third-order valence-corrected chi connectivity index (χ3v) is 5.95. The summed E-state index contributed by atoms with van der Waals surface area (Å²) in [6, 6.07) is 11.6. The predicted molar refractivity (Wildman–Crippen MR) is 130 cm³/mol. The summed E-state index contributed by atoms with van der Waals surface area (Å²) in [5, 5.41) is 0.571. The Labute approximate surface area is 195 Å². The van der Waals surface area contributed by atoms with Gasteiger partial charge in [-0.3, -0.25) is 9.36 Å². The first kappa shape index (κ1) is 22.3. The van der Waals surface area contributed by atoms with E-state index in [9.17, 15) is 9.59 Å². The number of hydrogen-bond acceptors (Lipinski definition) is 5. The molecule has 0 aliphatic carbocycles. The Morgan fingerprint density at radius 3 is 2.44 bits per heavy atom. The third kappa shape index (κ3) is 4.65. The number of piperazine rings is 1. The van der Waals surface area contributed by atoms with Gasteiger partial charge in [-0.05, 0) is 69.7 Å². The Morgan fingerprint density at radius 2 is 1.78 bits per heavy atom. The van der Waals surface area contributed by atoms with Crippen LogP contribution in [0, 0.1) is 6.92 Å². The van der Waals surface area contributed by atoms with E-state index in [1.165, 1.54) is 0 Å². The zero-order chi connectivity index (χ0) is 23.0. The lowest BCUT2D eigenvalue weighted by atomic mass is 10.1.